The molecular formula is C12H12N2O4. The van der Waals surface area contributed by atoms with Gasteiger partial charge in [-0.05, 0) is 12.1 Å². The summed E-state index contributed by atoms with van der Waals surface area (Å²) in [5.41, 5.74) is 1.61. The van der Waals surface area contributed by atoms with Crippen molar-refractivity contribution in [3.63, 3.8) is 0 Å². The van der Waals surface area contributed by atoms with E-state index in [-0.39, 0.29) is 6.61 Å². The number of benzene rings is 1. The minimum Gasteiger partial charge on any atom is -0.462 e. The number of nitrogens with zero attached hydrogens (tertiary/aromatic N) is 2. The molecule has 0 spiro atoms. The third-order valence-corrected chi connectivity index (χ3v) is 3.53. The average molecular weight is 248 g/mol. The highest BCUT2D eigenvalue weighted by atomic mass is 16.6. The van der Waals surface area contributed by atoms with Gasteiger partial charge in [-0.1, -0.05) is 12.1 Å². The summed E-state index contributed by atoms with van der Waals surface area (Å²) in [6.45, 7) is 0.193. The zero-order chi connectivity index (χ0) is 12.3. The van der Waals surface area contributed by atoms with E-state index in [1.807, 2.05) is 24.3 Å². The number of rotatable bonds is 0. The van der Waals surface area contributed by atoms with E-state index in [9.17, 15) is 10.2 Å². The second-order valence-electron chi connectivity index (χ2n) is 4.61. The summed E-state index contributed by atoms with van der Waals surface area (Å²) in [6, 6.07) is 7.96. The van der Waals surface area contributed by atoms with E-state index in [1.165, 1.54) is 0 Å². The summed E-state index contributed by atoms with van der Waals surface area (Å²) < 4.78 is 12.9. The molecule has 2 aliphatic heterocycles. The highest BCUT2D eigenvalue weighted by Crippen LogP contribution is 2.38. The maximum Gasteiger partial charge on any atom is 0.299 e. The minimum atomic E-state index is -0.963. The molecule has 1 saturated heterocycles. The van der Waals surface area contributed by atoms with Gasteiger partial charge in [-0.15, -0.1) is 0 Å². The minimum absolute atomic E-state index is 0.193. The third-order valence-electron chi connectivity index (χ3n) is 3.53. The van der Waals surface area contributed by atoms with Crippen molar-refractivity contribution in [2.45, 2.75) is 24.5 Å². The molecule has 0 saturated carbocycles. The maximum absolute atomic E-state index is 10.0. The van der Waals surface area contributed by atoms with E-state index in [0.29, 0.717) is 6.01 Å². The van der Waals surface area contributed by atoms with Crippen LogP contribution in [0.1, 0.15) is 6.23 Å². The van der Waals surface area contributed by atoms with E-state index in [2.05, 4.69) is 4.98 Å². The van der Waals surface area contributed by atoms with Gasteiger partial charge in [-0.25, -0.2) is 0 Å². The van der Waals surface area contributed by atoms with Gasteiger partial charge in [0.2, 0.25) is 0 Å². The topological polar surface area (TPSA) is 76.7 Å². The molecule has 2 bridgehead atoms. The molecule has 1 aromatic carbocycles. The molecule has 2 aromatic rings. The number of fused-ring (bicyclic) bond motifs is 6. The average Bonchev–Trinajstić information content (AvgIpc) is 2.80. The van der Waals surface area contributed by atoms with Crippen molar-refractivity contribution < 1.29 is 19.7 Å². The van der Waals surface area contributed by atoms with Crippen LogP contribution in [0.2, 0.25) is 0 Å². The van der Waals surface area contributed by atoms with E-state index >= 15 is 0 Å². The molecule has 6 nitrogen and oxygen atoms in total. The molecule has 0 unspecified atom stereocenters. The van der Waals surface area contributed by atoms with Crippen LogP contribution in [0.4, 0.5) is 0 Å². The van der Waals surface area contributed by atoms with Crippen molar-refractivity contribution in [2.75, 3.05) is 6.61 Å². The number of hydrogen-bond donors (Lipinski definition) is 2. The van der Waals surface area contributed by atoms with Crippen molar-refractivity contribution in [3.05, 3.63) is 24.3 Å². The Morgan fingerprint density at radius 2 is 2.06 bits per heavy atom. The molecule has 4 atom stereocenters. The predicted octanol–water partition coefficient (Wildman–Crippen LogP) is 0.0479. The molecule has 0 radical (unpaired) electrons. The van der Waals surface area contributed by atoms with Crippen molar-refractivity contribution in [3.8, 4) is 6.01 Å². The largest absolute Gasteiger partial charge is 0.462 e. The van der Waals surface area contributed by atoms with Crippen LogP contribution < -0.4 is 4.74 Å². The Labute approximate surface area is 102 Å². The summed E-state index contributed by atoms with van der Waals surface area (Å²) in [4.78, 5) is 4.36. The monoisotopic (exact) mass is 248 g/mol. The molecule has 94 valence electrons. The molecule has 2 aliphatic rings. The Hall–Kier alpha value is -1.63. The molecule has 1 aromatic heterocycles. The Morgan fingerprint density at radius 1 is 1.22 bits per heavy atom. The van der Waals surface area contributed by atoms with Gasteiger partial charge in [-0.2, -0.15) is 4.98 Å². The van der Waals surface area contributed by atoms with Gasteiger partial charge >= 0.3 is 0 Å². The molecule has 0 amide bonds. The van der Waals surface area contributed by atoms with Crippen LogP contribution in [0.3, 0.4) is 0 Å². The molecule has 6 heteroatoms. The number of ether oxygens (including phenoxy) is 2. The number of aliphatic hydroxyl groups excluding tert-OH is 2. The van der Waals surface area contributed by atoms with Crippen LogP contribution >= 0.6 is 0 Å². The molecule has 3 heterocycles. The lowest BCUT2D eigenvalue weighted by atomic mass is 10.1. The molecule has 18 heavy (non-hydrogen) atoms. The van der Waals surface area contributed by atoms with Gasteiger partial charge in [-0.3, -0.25) is 4.57 Å². The summed E-state index contributed by atoms with van der Waals surface area (Å²) >= 11 is 0. The summed E-state index contributed by atoms with van der Waals surface area (Å²) in [5.74, 6) is 0. The fraction of sp³-hybridized carbons (Fsp3) is 0.417. The van der Waals surface area contributed by atoms with Crippen LogP contribution in [-0.4, -0.2) is 44.7 Å². The maximum atomic E-state index is 10.0. The lowest BCUT2D eigenvalue weighted by molar-refractivity contribution is -0.0293. The Balaban J connectivity index is 1.96. The number of aliphatic hydroxyl groups is 2. The quantitative estimate of drug-likeness (QED) is 0.688. The van der Waals surface area contributed by atoms with Crippen molar-refractivity contribution in [1.29, 1.82) is 0 Å². The van der Waals surface area contributed by atoms with Crippen LogP contribution in [0.5, 0.6) is 6.01 Å². The third kappa shape index (κ3) is 1.19. The van der Waals surface area contributed by atoms with Gasteiger partial charge in [0.15, 0.2) is 6.23 Å². The van der Waals surface area contributed by atoms with E-state index in [0.717, 1.165) is 11.0 Å². The van der Waals surface area contributed by atoms with Crippen molar-refractivity contribution in [1.82, 2.24) is 9.55 Å². The number of aromatic nitrogens is 2. The lowest BCUT2D eigenvalue weighted by Crippen LogP contribution is -2.36. The molecule has 0 aliphatic carbocycles. The fourth-order valence-corrected chi connectivity index (χ4v) is 2.61. The smallest absolute Gasteiger partial charge is 0.299 e. The first-order chi connectivity index (χ1) is 8.75. The fourth-order valence-electron chi connectivity index (χ4n) is 2.61. The zero-order valence-corrected chi connectivity index (χ0v) is 9.43. The Bertz CT molecular complexity index is 611. The zero-order valence-electron chi connectivity index (χ0n) is 9.43. The van der Waals surface area contributed by atoms with Crippen LogP contribution in [0.25, 0.3) is 11.0 Å². The summed E-state index contributed by atoms with van der Waals surface area (Å²) in [7, 11) is 0. The molecular weight excluding hydrogens is 236 g/mol. The van der Waals surface area contributed by atoms with Crippen LogP contribution in [0, 0.1) is 0 Å². The first kappa shape index (κ1) is 10.3. The van der Waals surface area contributed by atoms with E-state index in [1.54, 1.807) is 4.57 Å². The Kier molecular flexibility index (Phi) is 1.97. The van der Waals surface area contributed by atoms with Gasteiger partial charge in [0.1, 0.15) is 24.9 Å². The van der Waals surface area contributed by atoms with Gasteiger partial charge in [0.25, 0.3) is 6.01 Å². The number of para-hydroxylation sites is 2. The van der Waals surface area contributed by atoms with Crippen molar-refractivity contribution >= 4 is 11.0 Å². The second-order valence-corrected chi connectivity index (χ2v) is 4.61. The number of hydrogen-bond acceptors (Lipinski definition) is 5. The SMILES string of the molecule is O[C@@H]1[C@H](O)[C@@H]2COc3nc4ccccc4n3[C@H]1O2. The van der Waals surface area contributed by atoms with E-state index < -0.39 is 24.5 Å². The van der Waals surface area contributed by atoms with Gasteiger partial charge < -0.3 is 19.7 Å². The highest BCUT2D eigenvalue weighted by molar-refractivity contribution is 5.76. The second kappa shape index (κ2) is 3.44. The highest BCUT2D eigenvalue weighted by Gasteiger charge is 2.47. The Morgan fingerprint density at radius 3 is 2.94 bits per heavy atom. The molecule has 1 fully saturated rings. The molecule has 4 rings (SSSR count). The van der Waals surface area contributed by atoms with E-state index in [4.69, 9.17) is 9.47 Å². The predicted molar refractivity (Wildman–Crippen MR) is 61.2 cm³/mol. The first-order valence-electron chi connectivity index (χ1n) is 5.87. The molecule has 2 N–H and O–H groups in total. The summed E-state index contributed by atoms with van der Waals surface area (Å²) in [6.07, 6.45) is -3.04. The summed E-state index contributed by atoms with van der Waals surface area (Å²) in [5, 5.41) is 19.9. The van der Waals surface area contributed by atoms with Gasteiger partial charge in [0, 0.05) is 0 Å². The first-order valence-corrected chi connectivity index (χ1v) is 5.87. The van der Waals surface area contributed by atoms with Crippen LogP contribution in [-0.2, 0) is 4.74 Å². The van der Waals surface area contributed by atoms with Gasteiger partial charge in [0.05, 0.1) is 11.0 Å². The van der Waals surface area contributed by atoms with Crippen LogP contribution in [0.15, 0.2) is 24.3 Å². The number of imidazole rings is 1. The standard InChI is InChI=1S/C12H12N2O4/c15-9-8-5-17-12-13-6-3-1-2-4-7(6)14(12)11(18-8)10(9)16/h1-4,8-11,15-16H,5H2/t8-,9+,10+,11-/m0/s1. The van der Waals surface area contributed by atoms with Crippen molar-refractivity contribution in [2.24, 2.45) is 0 Å². The lowest BCUT2D eigenvalue weighted by Gasteiger charge is -2.19. The normalized spacial score (nSPS) is 34.1.